The minimum absolute atomic E-state index is 0. The number of nitrogens with one attached hydrogen (secondary N) is 2. The molecule has 0 aliphatic carbocycles. The van der Waals surface area contributed by atoms with Crippen LogP contribution in [0, 0.1) is 0 Å². The first-order chi connectivity index (χ1) is 32.7. The zero-order valence-corrected chi connectivity index (χ0v) is 37.9. The van der Waals surface area contributed by atoms with Gasteiger partial charge in [0.05, 0.1) is 11.1 Å². The lowest BCUT2D eigenvalue weighted by Crippen LogP contribution is -2.43. The molecule has 0 fully saturated rings. The Morgan fingerprint density at radius 3 is 0.928 bits per heavy atom. The van der Waals surface area contributed by atoms with E-state index in [0.717, 1.165) is 33.4 Å². The molecule has 0 radical (unpaired) electrons. The maximum absolute atomic E-state index is 13.1. The molecule has 0 atom stereocenters. The second-order valence-electron chi connectivity index (χ2n) is 13.6. The van der Waals surface area contributed by atoms with E-state index in [0.29, 0.717) is 0 Å². The molecule has 2 rings (SSSR count). The highest BCUT2D eigenvalue weighted by atomic mass is 16.7. The number of alkyl carbamates (subject to hydrolysis) is 2. The predicted molar refractivity (Wildman–Crippen MR) is 263 cm³/mol. The van der Waals surface area contributed by atoms with E-state index in [2.05, 4.69) is 225 Å². The average molecular weight is 887 g/mol. The molecule has 2 aromatic rings. The predicted octanol–water partition coefficient (Wildman–Crippen LogP) is 12.8. The molecular weight excluding hydrogens is 849 g/mol. The fraction of sp³-hybridized carbons (Fsp3) is 0.143. The molecule has 2 aromatic carbocycles. The highest BCUT2D eigenvalue weighted by Gasteiger charge is 2.28. The standard InChI is InChI=1S/C62H34N2O4.CH4/c1-10-11-12-13-14-15-16-17-18-19-20-21-22-23-24-25-26-27-28-29-30-31-32-33-34-35-36-37-38-39-40-41-42-49-58(67-59(65)63-61(6,7)56-47-43-45-54(50-56)52(2)3)68-60(66)64-62(8,9)57-48-44-46-55(51-57)53(4)5;/h43-48,50-51H,1-2,4H2,3,5-9H3,(H,63,65)(H,64,66);1H4. The third kappa shape index (κ3) is 25.4. The Balaban J connectivity index is 0.0000238. The molecule has 324 valence electrons. The monoisotopic (exact) mass is 886 g/mol. The Labute approximate surface area is 402 Å². The van der Waals surface area contributed by atoms with Gasteiger partial charge in [-0.1, -0.05) is 73.9 Å². The van der Waals surface area contributed by atoms with Crippen molar-refractivity contribution in [3.63, 3.8) is 0 Å². The minimum Gasteiger partial charge on any atom is -0.369 e. The number of rotatable bonds is 8. The van der Waals surface area contributed by atoms with Gasteiger partial charge in [0, 0.05) is 97.4 Å². The van der Waals surface area contributed by atoms with Crippen molar-refractivity contribution in [2.75, 3.05) is 0 Å². The Bertz CT molecular complexity index is 3780. The number of amides is 2. The van der Waals surface area contributed by atoms with Crippen LogP contribution in [0.4, 0.5) is 9.59 Å². The van der Waals surface area contributed by atoms with Crippen LogP contribution in [0.25, 0.3) is 11.1 Å². The molecule has 0 aliphatic rings. The minimum atomic E-state index is -0.926. The van der Waals surface area contributed by atoms with Crippen LogP contribution in [-0.2, 0) is 20.6 Å². The smallest absolute Gasteiger partial charge is 0.369 e. The average Bonchev–Trinajstić information content (AvgIpc) is 3.30. The summed E-state index contributed by atoms with van der Waals surface area (Å²) in [6.07, 6.45) is -1.85. The summed E-state index contributed by atoms with van der Waals surface area (Å²) in [5.41, 5.74) is 88.0. The van der Waals surface area contributed by atoms with Crippen LogP contribution >= 0.6 is 0 Å². The summed E-state index contributed by atoms with van der Waals surface area (Å²) in [5, 5.41) is 5.56. The lowest BCUT2D eigenvalue weighted by Gasteiger charge is -2.28. The first kappa shape index (κ1) is 55.7. The molecule has 0 aromatic heterocycles. The van der Waals surface area contributed by atoms with Crippen LogP contribution in [-0.4, -0.2) is 12.2 Å². The van der Waals surface area contributed by atoms with E-state index < -0.39 is 29.2 Å². The molecule has 69 heavy (non-hydrogen) atoms. The maximum atomic E-state index is 13.1. The second kappa shape index (κ2) is 32.4. The fourth-order valence-corrected chi connectivity index (χ4v) is 4.36. The topological polar surface area (TPSA) is 76.7 Å². The van der Waals surface area contributed by atoms with Crippen molar-refractivity contribution in [3.8, 4) is 0 Å². The van der Waals surface area contributed by atoms with E-state index in [9.17, 15) is 9.59 Å². The van der Waals surface area contributed by atoms with Gasteiger partial charge < -0.3 is 20.1 Å². The van der Waals surface area contributed by atoms with Gasteiger partial charge in [-0.3, -0.25) is 0 Å². The fourth-order valence-electron chi connectivity index (χ4n) is 4.36. The van der Waals surface area contributed by atoms with Gasteiger partial charge in [0.2, 0.25) is 0 Å². The molecule has 0 unspecified atom stereocenters. The zero-order chi connectivity index (χ0) is 49.7. The summed E-state index contributed by atoms with van der Waals surface area (Å²) in [5.74, 6) is -0.619. The number of allylic oxidation sites excluding steroid dienone is 2. The molecule has 6 heteroatoms. The molecule has 0 spiro atoms. The largest absolute Gasteiger partial charge is 0.416 e. The van der Waals surface area contributed by atoms with Gasteiger partial charge in [0.15, 0.2) is 0 Å². The zero-order valence-electron chi connectivity index (χ0n) is 37.9. The van der Waals surface area contributed by atoms with Crippen molar-refractivity contribution in [3.05, 3.63) is 291 Å². The normalized spacial score (nSPS) is 7.51. The Morgan fingerprint density at radius 1 is 0.435 bits per heavy atom. The molecule has 6 nitrogen and oxygen atoms in total. The summed E-state index contributed by atoms with van der Waals surface area (Å²) in [7, 11) is 0. The lowest BCUT2D eigenvalue weighted by molar-refractivity contribution is 0.0849. The quantitative estimate of drug-likeness (QED) is 0.205. The van der Waals surface area contributed by atoms with E-state index in [4.69, 9.17) is 9.47 Å². The van der Waals surface area contributed by atoms with Gasteiger partial charge in [0.25, 0.3) is 0 Å². The van der Waals surface area contributed by atoms with Crippen LogP contribution in [0.15, 0.2) is 269 Å². The SMILES string of the molecule is C.C=C=C=C=C=C=C=C=C=C=C=C=C=C=C=C=C=C=C=C=C=C=C=C=C=C=C=C=C=C=C=C=C=C=C=C(OC(=O)NC(C)(C)c1cccc(C(=C)C)c1)OC(=O)NC(C)(C)c1cccc(C(=C)C)c1. The molecule has 0 saturated carbocycles. The summed E-state index contributed by atoms with van der Waals surface area (Å²) < 4.78 is 10.8. The van der Waals surface area contributed by atoms with Gasteiger partial charge in [0.1, 0.15) is 0 Å². The summed E-state index contributed by atoms with van der Waals surface area (Å²) in [6, 6.07) is 15.1. The third-order valence-corrected chi connectivity index (χ3v) is 7.54. The molecule has 2 N–H and O–H groups in total. The van der Waals surface area contributed by atoms with Crippen molar-refractivity contribution < 1.29 is 19.1 Å². The highest BCUT2D eigenvalue weighted by molar-refractivity contribution is 5.73. The molecule has 0 bridgehead atoms. The number of carbonyl (C=O) groups is 2. The third-order valence-electron chi connectivity index (χ3n) is 7.54. The van der Waals surface area contributed by atoms with Crippen LogP contribution in [0.2, 0.25) is 0 Å². The Kier molecular flexibility index (Phi) is 26.2. The Morgan fingerprint density at radius 2 is 0.681 bits per heavy atom. The first-order valence-corrected chi connectivity index (χ1v) is 19.4. The maximum Gasteiger partial charge on any atom is 0.416 e. The highest BCUT2D eigenvalue weighted by Crippen LogP contribution is 2.25. The molecular formula is C63H38N2O4. The Hall–Kier alpha value is -11.3. The lowest BCUT2D eigenvalue weighted by atomic mass is 9.92. The van der Waals surface area contributed by atoms with E-state index in [1.807, 2.05) is 62.4 Å². The van der Waals surface area contributed by atoms with Crippen molar-refractivity contribution >= 4 is 23.3 Å². The molecule has 0 heterocycles. The number of ether oxygens (including phenoxy) is 2. The van der Waals surface area contributed by atoms with Gasteiger partial charge in [-0.2, -0.15) is 0 Å². The molecule has 0 aliphatic heterocycles. The van der Waals surface area contributed by atoms with Gasteiger partial charge in [-0.25, -0.2) is 9.59 Å². The van der Waals surface area contributed by atoms with Crippen LogP contribution < -0.4 is 10.6 Å². The summed E-state index contributed by atoms with van der Waals surface area (Å²) in [4.78, 5) is 26.3. The van der Waals surface area contributed by atoms with Crippen molar-refractivity contribution in [1.82, 2.24) is 10.6 Å². The first-order valence-electron chi connectivity index (χ1n) is 19.4. The molecule has 0 saturated heterocycles. The number of hydrogen-bond acceptors (Lipinski definition) is 4. The van der Waals surface area contributed by atoms with Gasteiger partial charge >= 0.3 is 18.1 Å². The molecule has 2 amide bonds. The summed E-state index contributed by atoms with van der Waals surface area (Å²) >= 11 is 0. The second-order valence-corrected chi connectivity index (χ2v) is 13.6. The van der Waals surface area contributed by atoms with Gasteiger partial charge in [-0.15, -0.1) is 0 Å². The van der Waals surface area contributed by atoms with E-state index in [1.165, 1.54) is 0 Å². The van der Waals surface area contributed by atoms with E-state index in [1.54, 1.807) is 27.7 Å². The van der Waals surface area contributed by atoms with Gasteiger partial charge in [-0.05, 0) is 174 Å². The number of carbonyl (C=O) groups excluding carboxylic acids is 2. The number of benzene rings is 2. The van der Waals surface area contributed by atoms with Crippen molar-refractivity contribution in [2.45, 2.75) is 60.0 Å². The van der Waals surface area contributed by atoms with E-state index in [-0.39, 0.29) is 7.43 Å². The number of hydrogen-bond donors (Lipinski definition) is 2. The van der Waals surface area contributed by atoms with Crippen LogP contribution in [0.1, 0.15) is 71.2 Å². The van der Waals surface area contributed by atoms with Crippen molar-refractivity contribution in [1.29, 1.82) is 0 Å². The van der Waals surface area contributed by atoms with Crippen LogP contribution in [0.5, 0.6) is 0 Å². The van der Waals surface area contributed by atoms with E-state index >= 15 is 0 Å². The van der Waals surface area contributed by atoms with Crippen molar-refractivity contribution in [2.24, 2.45) is 0 Å². The van der Waals surface area contributed by atoms with Crippen LogP contribution in [0.3, 0.4) is 0 Å². The summed E-state index contributed by atoms with van der Waals surface area (Å²) in [6.45, 7) is 22.2.